The highest BCUT2D eigenvalue weighted by atomic mass is 32.2. The number of nitrogens with one attached hydrogen (secondary N) is 2. The van der Waals surface area contributed by atoms with Crippen molar-refractivity contribution in [1.82, 2.24) is 19.8 Å². The first-order chi connectivity index (χ1) is 8.98. The van der Waals surface area contributed by atoms with Gasteiger partial charge in [-0.1, -0.05) is 0 Å². The summed E-state index contributed by atoms with van der Waals surface area (Å²) in [5, 5.41) is 9.29. The molecule has 19 heavy (non-hydrogen) atoms. The van der Waals surface area contributed by atoms with E-state index < -0.39 is 16.1 Å². The molecule has 1 aromatic rings. The molecule has 1 atom stereocenters. The molecule has 1 amide bonds. The standard InChI is InChI=1S/C11H18N4O3S/c1-19(17,18)15-6-2-3-10(15)11(16)12-5-4-9-7-13-14-8-9/h7-8,10H,2-6H2,1H3,(H,12,16)(H,13,14)/t10-/m0/s1. The molecule has 0 aliphatic carbocycles. The fraction of sp³-hybridized carbons (Fsp3) is 0.636. The number of carbonyl (C=O) groups is 1. The molecule has 0 unspecified atom stereocenters. The van der Waals surface area contributed by atoms with Gasteiger partial charge in [0.2, 0.25) is 15.9 Å². The van der Waals surface area contributed by atoms with E-state index in [2.05, 4.69) is 15.5 Å². The van der Waals surface area contributed by atoms with E-state index in [-0.39, 0.29) is 5.91 Å². The van der Waals surface area contributed by atoms with Crippen LogP contribution < -0.4 is 5.32 Å². The van der Waals surface area contributed by atoms with Crippen LogP contribution in [0.2, 0.25) is 0 Å². The summed E-state index contributed by atoms with van der Waals surface area (Å²) >= 11 is 0. The largest absolute Gasteiger partial charge is 0.354 e. The number of rotatable bonds is 5. The van der Waals surface area contributed by atoms with Crippen molar-refractivity contribution in [1.29, 1.82) is 0 Å². The zero-order chi connectivity index (χ0) is 13.9. The molecule has 1 saturated heterocycles. The first kappa shape index (κ1) is 14.0. The van der Waals surface area contributed by atoms with Crippen LogP contribution in [0.15, 0.2) is 12.4 Å². The van der Waals surface area contributed by atoms with Crippen LogP contribution in [0.4, 0.5) is 0 Å². The van der Waals surface area contributed by atoms with Crippen LogP contribution in [-0.4, -0.2) is 54.2 Å². The molecular formula is C11H18N4O3S. The highest BCUT2D eigenvalue weighted by molar-refractivity contribution is 7.88. The summed E-state index contributed by atoms with van der Waals surface area (Å²) in [7, 11) is -3.31. The maximum atomic E-state index is 12.0. The number of sulfonamides is 1. The zero-order valence-electron chi connectivity index (χ0n) is 10.8. The lowest BCUT2D eigenvalue weighted by Gasteiger charge is -2.21. The van der Waals surface area contributed by atoms with Gasteiger partial charge in [-0.3, -0.25) is 9.89 Å². The van der Waals surface area contributed by atoms with E-state index in [4.69, 9.17) is 0 Å². The summed E-state index contributed by atoms with van der Waals surface area (Å²) in [4.78, 5) is 12.0. The third-order valence-corrected chi connectivity index (χ3v) is 4.49. The quantitative estimate of drug-likeness (QED) is 0.762. The number of aromatic nitrogens is 2. The van der Waals surface area contributed by atoms with E-state index in [1.54, 1.807) is 12.4 Å². The summed E-state index contributed by atoms with van der Waals surface area (Å²) in [6.45, 7) is 0.908. The molecule has 1 aliphatic rings. The number of hydrogen-bond acceptors (Lipinski definition) is 4. The van der Waals surface area contributed by atoms with E-state index in [1.165, 1.54) is 4.31 Å². The van der Waals surface area contributed by atoms with Gasteiger partial charge in [-0.05, 0) is 24.8 Å². The fourth-order valence-electron chi connectivity index (χ4n) is 2.26. The lowest BCUT2D eigenvalue weighted by molar-refractivity contribution is -0.124. The topological polar surface area (TPSA) is 95.2 Å². The molecule has 106 valence electrons. The van der Waals surface area contributed by atoms with Crippen molar-refractivity contribution in [2.45, 2.75) is 25.3 Å². The number of carbonyl (C=O) groups excluding carboxylic acids is 1. The van der Waals surface area contributed by atoms with Gasteiger partial charge in [0.25, 0.3) is 0 Å². The minimum Gasteiger partial charge on any atom is -0.354 e. The lowest BCUT2D eigenvalue weighted by Crippen LogP contribution is -2.45. The maximum Gasteiger partial charge on any atom is 0.238 e. The van der Waals surface area contributed by atoms with Crippen LogP contribution in [0.1, 0.15) is 18.4 Å². The van der Waals surface area contributed by atoms with Gasteiger partial charge < -0.3 is 5.32 Å². The highest BCUT2D eigenvalue weighted by Crippen LogP contribution is 2.20. The van der Waals surface area contributed by atoms with Crippen LogP contribution in [-0.2, 0) is 21.2 Å². The van der Waals surface area contributed by atoms with E-state index in [0.29, 0.717) is 25.9 Å². The number of hydrogen-bond donors (Lipinski definition) is 2. The van der Waals surface area contributed by atoms with Crippen molar-refractivity contribution in [3.63, 3.8) is 0 Å². The van der Waals surface area contributed by atoms with Crippen molar-refractivity contribution in [2.24, 2.45) is 0 Å². The Kier molecular flexibility index (Phi) is 4.20. The Balaban J connectivity index is 1.85. The first-order valence-corrected chi connectivity index (χ1v) is 8.05. The minimum absolute atomic E-state index is 0.216. The average Bonchev–Trinajstić information content (AvgIpc) is 2.98. The first-order valence-electron chi connectivity index (χ1n) is 6.20. The molecule has 1 aromatic heterocycles. The molecule has 0 aromatic carbocycles. The third kappa shape index (κ3) is 3.54. The van der Waals surface area contributed by atoms with Gasteiger partial charge in [0.05, 0.1) is 12.5 Å². The Morgan fingerprint density at radius 2 is 2.42 bits per heavy atom. The van der Waals surface area contributed by atoms with Crippen molar-refractivity contribution >= 4 is 15.9 Å². The smallest absolute Gasteiger partial charge is 0.238 e. The number of amides is 1. The molecule has 1 fully saturated rings. The maximum absolute atomic E-state index is 12.0. The summed E-state index contributed by atoms with van der Waals surface area (Å²) < 4.78 is 24.4. The normalized spacial score (nSPS) is 20.6. The molecule has 8 heteroatoms. The molecule has 0 spiro atoms. The van der Waals surface area contributed by atoms with Crippen molar-refractivity contribution in [2.75, 3.05) is 19.3 Å². The summed E-state index contributed by atoms with van der Waals surface area (Å²) in [6, 6.07) is -0.556. The average molecular weight is 286 g/mol. The Hall–Kier alpha value is -1.41. The zero-order valence-corrected chi connectivity index (χ0v) is 11.6. The van der Waals surface area contributed by atoms with Crippen LogP contribution in [0.3, 0.4) is 0 Å². The van der Waals surface area contributed by atoms with Crippen LogP contribution in [0.5, 0.6) is 0 Å². The van der Waals surface area contributed by atoms with E-state index >= 15 is 0 Å². The second-order valence-corrected chi connectivity index (χ2v) is 6.61. The summed E-state index contributed by atoms with van der Waals surface area (Å²) in [5.74, 6) is -0.216. The monoisotopic (exact) mass is 286 g/mol. The van der Waals surface area contributed by atoms with Gasteiger partial charge in [0, 0.05) is 19.3 Å². The Labute approximate surface area is 112 Å². The van der Waals surface area contributed by atoms with Gasteiger partial charge in [-0.2, -0.15) is 9.40 Å². The van der Waals surface area contributed by atoms with E-state index in [1.807, 2.05) is 0 Å². The van der Waals surface area contributed by atoms with Crippen LogP contribution in [0.25, 0.3) is 0 Å². The Bertz CT molecular complexity index is 526. The molecule has 2 heterocycles. The Morgan fingerprint density at radius 3 is 3.05 bits per heavy atom. The molecule has 7 nitrogen and oxygen atoms in total. The van der Waals surface area contributed by atoms with Gasteiger partial charge in [0.1, 0.15) is 6.04 Å². The number of aromatic amines is 1. The third-order valence-electron chi connectivity index (χ3n) is 3.20. The molecule has 1 aliphatic heterocycles. The van der Waals surface area contributed by atoms with Crippen molar-refractivity contribution in [3.05, 3.63) is 18.0 Å². The molecule has 2 N–H and O–H groups in total. The van der Waals surface area contributed by atoms with E-state index in [0.717, 1.165) is 18.2 Å². The predicted molar refractivity (Wildman–Crippen MR) is 69.9 cm³/mol. The van der Waals surface area contributed by atoms with Crippen molar-refractivity contribution in [3.8, 4) is 0 Å². The molecule has 2 rings (SSSR count). The SMILES string of the molecule is CS(=O)(=O)N1CCC[C@H]1C(=O)NCCc1cn[nH]c1. The predicted octanol–water partition coefficient (Wildman–Crippen LogP) is -0.508. The molecule has 0 saturated carbocycles. The second-order valence-electron chi connectivity index (χ2n) is 4.68. The van der Waals surface area contributed by atoms with Crippen LogP contribution >= 0.6 is 0 Å². The van der Waals surface area contributed by atoms with Gasteiger partial charge in [0.15, 0.2) is 0 Å². The van der Waals surface area contributed by atoms with Crippen molar-refractivity contribution < 1.29 is 13.2 Å². The minimum atomic E-state index is -3.31. The summed E-state index contributed by atoms with van der Waals surface area (Å²) in [5.41, 5.74) is 1.01. The van der Waals surface area contributed by atoms with Gasteiger partial charge in [-0.25, -0.2) is 8.42 Å². The van der Waals surface area contributed by atoms with Gasteiger partial charge in [-0.15, -0.1) is 0 Å². The number of nitrogens with zero attached hydrogens (tertiary/aromatic N) is 2. The molecule has 0 bridgehead atoms. The summed E-state index contributed by atoms with van der Waals surface area (Å²) in [6.07, 6.45) is 6.60. The number of H-pyrrole nitrogens is 1. The molecular weight excluding hydrogens is 268 g/mol. The second kappa shape index (κ2) is 5.70. The fourth-order valence-corrected chi connectivity index (χ4v) is 3.39. The highest BCUT2D eigenvalue weighted by Gasteiger charge is 2.36. The Morgan fingerprint density at radius 1 is 1.63 bits per heavy atom. The van der Waals surface area contributed by atoms with Gasteiger partial charge >= 0.3 is 0 Å². The lowest BCUT2D eigenvalue weighted by atomic mass is 10.2. The molecule has 0 radical (unpaired) electrons. The van der Waals surface area contributed by atoms with E-state index in [9.17, 15) is 13.2 Å². The van der Waals surface area contributed by atoms with Crippen LogP contribution in [0, 0.1) is 0 Å².